The Hall–Kier alpha value is -2.60. The largest absolute Gasteiger partial charge is 0.0622 e. The maximum absolute atomic E-state index is 2.37. The summed E-state index contributed by atoms with van der Waals surface area (Å²) in [5, 5.41) is 0. The lowest BCUT2D eigenvalue weighted by atomic mass is 9.94. The molecule has 0 aromatic heterocycles. The van der Waals surface area contributed by atoms with Crippen molar-refractivity contribution >= 4 is 11.6 Å². The van der Waals surface area contributed by atoms with Crippen LogP contribution in [-0.4, -0.2) is 0 Å². The van der Waals surface area contributed by atoms with Gasteiger partial charge in [0.1, 0.15) is 0 Å². The lowest BCUT2D eigenvalue weighted by Gasteiger charge is -2.10. The second-order valence-electron chi connectivity index (χ2n) is 5.91. The summed E-state index contributed by atoms with van der Waals surface area (Å²) in [6.07, 6.45) is 3.39. The molecule has 0 saturated heterocycles. The Balaban J connectivity index is 1.85. The minimum atomic E-state index is 1.03. The van der Waals surface area contributed by atoms with Gasteiger partial charge >= 0.3 is 0 Å². The number of aryl methyl sites for hydroxylation is 1. The maximum Gasteiger partial charge on any atom is -0.00135 e. The van der Waals surface area contributed by atoms with Gasteiger partial charge in [-0.3, -0.25) is 0 Å². The first-order valence-electron chi connectivity index (χ1n) is 7.77. The van der Waals surface area contributed by atoms with Crippen molar-refractivity contribution in [2.75, 3.05) is 0 Å². The molecule has 0 heteroatoms. The summed E-state index contributed by atoms with van der Waals surface area (Å²) < 4.78 is 0. The Bertz CT molecular complexity index is 854. The summed E-state index contributed by atoms with van der Waals surface area (Å²) >= 11 is 0. The molecule has 1 aliphatic carbocycles. The molecule has 0 unspecified atom stereocenters. The number of allylic oxidation sites excluding steroid dienone is 1. The van der Waals surface area contributed by atoms with Gasteiger partial charge in [0, 0.05) is 0 Å². The van der Waals surface area contributed by atoms with Gasteiger partial charge < -0.3 is 0 Å². The van der Waals surface area contributed by atoms with Gasteiger partial charge in [-0.05, 0) is 58.4 Å². The van der Waals surface area contributed by atoms with E-state index in [0.29, 0.717) is 0 Å². The van der Waals surface area contributed by atoms with Crippen molar-refractivity contribution in [3.63, 3.8) is 0 Å². The summed E-state index contributed by atoms with van der Waals surface area (Å²) in [5.74, 6) is 0. The van der Waals surface area contributed by atoms with E-state index in [2.05, 4.69) is 85.8 Å². The average molecular weight is 282 g/mol. The van der Waals surface area contributed by atoms with Crippen molar-refractivity contribution < 1.29 is 0 Å². The highest BCUT2D eigenvalue weighted by Gasteiger charge is 2.17. The van der Waals surface area contributed by atoms with Crippen LogP contribution in [0.2, 0.25) is 0 Å². The van der Waals surface area contributed by atoms with Gasteiger partial charge in [-0.2, -0.15) is 0 Å². The number of rotatable bonds is 2. The van der Waals surface area contributed by atoms with Crippen LogP contribution in [0.1, 0.15) is 22.3 Å². The lowest BCUT2D eigenvalue weighted by molar-refractivity contribution is 1.31. The Morgan fingerprint density at radius 2 is 1.41 bits per heavy atom. The minimum Gasteiger partial charge on any atom is -0.0622 e. The molecule has 0 radical (unpaired) electrons. The molecule has 0 heterocycles. The summed E-state index contributed by atoms with van der Waals surface area (Å²) in [7, 11) is 0. The van der Waals surface area contributed by atoms with Gasteiger partial charge in [-0.25, -0.2) is 0 Å². The van der Waals surface area contributed by atoms with Gasteiger partial charge in [0.25, 0.3) is 0 Å². The van der Waals surface area contributed by atoms with Crippen LogP contribution < -0.4 is 0 Å². The molecule has 4 rings (SSSR count). The quantitative estimate of drug-likeness (QED) is 0.560. The molecule has 0 N–H and O–H groups in total. The molecule has 1 aliphatic rings. The second-order valence-corrected chi connectivity index (χ2v) is 5.91. The summed E-state index contributed by atoms with van der Waals surface area (Å²) in [5.41, 5.74) is 9.57. The maximum atomic E-state index is 2.37. The third-order valence-corrected chi connectivity index (χ3v) is 4.48. The first kappa shape index (κ1) is 13.1. The molecule has 0 nitrogen and oxygen atoms in total. The zero-order valence-electron chi connectivity index (χ0n) is 12.7. The predicted octanol–water partition coefficient (Wildman–Crippen LogP) is 5.76. The van der Waals surface area contributed by atoms with Crippen molar-refractivity contribution in [2.45, 2.75) is 13.3 Å². The molecule has 3 aromatic rings. The predicted molar refractivity (Wildman–Crippen MR) is 94.6 cm³/mol. The molecule has 0 amide bonds. The molecule has 3 aromatic carbocycles. The zero-order valence-corrected chi connectivity index (χ0v) is 12.7. The van der Waals surface area contributed by atoms with Gasteiger partial charge in [0.15, 0.2) is 0 Å². The number of hydrogen-bond acceptors (Lipinski definition) is 0. The molecule has 0 bridgehead atoms. The van der Waals surface area contributed by atoms with Crippen molar-refractivity contribution in [3.8, 4) is 11.1 Å². The van der Waals surface area contributed by atoms with Gasteiger partial charge in [-0.1, -0.05) is 72.8 Å². The molecule has 106 valence electrons. The van der Waals surface area contributed by atoms with E-state index in [1.54, 1.807) is 0 Å². The van der Waals surface area contributed by atoms with Gasteiger partial charge in [0.05, 0.1) is 0 Å². The van der Waals surface area contributed by atoms with E-state index in [1.807, 2.05) is 0 Å². The molecule has 0 fully saturated rings. The normalized spacial score (nSPS) is 12.9. The van der Waals surface area contributed by atoms with E-state index >= 15 is 0 Å². The Kier molecular flexibility index (Phi) is 3.16. The fourth-order valence-corrected chi connectivity index (χ4v) is 3.32. The topological polar surface area (TPSA) is 0 Å². The molecule has 22 heavy (non-hydrogen) atoms. The van der Waals surface area contributed by atoms with E-state index in [1.165, 1.54) is 39.0 Å². The van der Waals surface area contributed by atoms with Crippen LogP contribution in [0.3, 0.4) is 0 Å². The minimum absolute atomic E-state index is 1.03. The summed E-state index contributed by atoms with van der Waals surface area (Å²) in [6, 6.07) is 26.0. The van der Waals surface area contributed by atoms with Gasteiger partial charge in [-0.15, -0.1) is 0 Å². The van der Waals surface area contributed by atoms with Crippen LogP contribution >= 0.6 is 0 Å². The first-order valence-corrected chi connectivity index (χ1v) is 7.77. The smallest absolute Gasteiger partial charge is 0.00135 e. The highest BCUT2D eigenvalue weighted by molar-refractivity contribution is 5.94. The van der Waals surface area contributed by atoms with E-state index in [4.69, 9.17) is 0 Å². The monoisotopic (exact) mass is 282 g/mol. The lowest BCUT2D eigenvalue weighted by Crippen LogP contribution is -1.89. The fourth-order valence-electron chi connectivity index (χ4n) is 3.32. The van der Waals surface area contributed by atoms with Crippen LogP contribution in [-0.2, 0) is 6.42 Å². The second kappa shape index (κ2) is 5.31. The highest BCUT2D eigenvalue weighted by Crippen LogP contribution is 2.38. The van der Waals surface area contributed by atoms with Crippen LogP contribution in [0.25, 0.3) is 22.8 Å². The summed E-state index contributed by atoms with van der Waals surface area (Å²) in [6.45, 7) is 2.19. The SMILES string of the molecule is Cc1ccccc1-c1cccc2c1C=C(c1ccccc1)C2. The number of fused-ring (bicyclic) bond motifs is 1. The van der Waals surface area contributed by atoms with Crippen molar-refractivity contribution in [1.29, 1.82) is 0 Å². The molecular weight excluding hydrogens is 264 g/mol. The van der Waals surface area contributed by atoms with Crippen molar-refractivity contribution in [1.82, 2.24) is 0 Å². The summed E-state index contributed by atoms with van der Waals surface area (Å²) in [4.78, 5) is 0. The highest BCUT2D eigenvalue weighted by atomic mass is 14.2. The van der Waals surface area contributed by atoms with E-state index in [9.17, 15) is 0 Å². The van der Waals surface area contributed by atoms with Crippen LogP contribution in [0, 0.1) is 6.92 Å². The molecule has 0 spiro atoms. The van der Waals surface area contributed by atoms with Crippen LogP contribution in [0.15, 0.2) is 72.8 Å². The third kappa shape index (κ3) is 2.17. The van der Waals surface area contributed by atoms with Crippen molar-refractivity contribution in [2.24, 2.45) is 0 Å². The fraction of sp³-hybridized carbons (Fsp3) is 0.0909. The zero-order chi connectivity index (χ0) is 14.9. The Labute approximate surface area is 131 Å². The van der Waals surface area contributed by atoms with Crippen LogP contribution in [0.5, 0.6) is 0 Å². The molecule has 0 saturated carbocycles. The first-order chi connectivity index (χ1) is 10.8. The Morgan fingerprint density at radius 1 is 0.682 bits per heavy atom. The average Bonchev–Trinajstić information content (AvgIpc) is 3.00. The molecular formula is C22H18. The standard InChI is InChI=1S/C22H18/c1-16-8-5-6-12-20(16)21-13-7-11-18-14-19(15-22(18)21)17-9-3-2-4-10-17/h2-13,15H,14H2,1H3. The van der Waals surface area contributed by atoms with E-state index < -0.39 is 0 Å². The molecule has 0 atom stereocenters. The van der Waals surface area contributed by atoms with Gasteiger partial charge in [0.2, 0.25) is 0 Å². The number of benzene rings is 3. The Morgan fingerprint density at radius 3 is 2.23 bits per heavy atom. The van der Waals surface area contributed by atoms with E-state index in [-0.39, 0.29) is 0 Å². The van der Waals surface area contributed by atoms with E-state index in [0.717, 1.165) is 6.42 Å². The number of hydrogen-bond donors (Lipinski definition) is 0. The molecule has 0 aliphatic heterocycles. The van der Waals surface area contributed by atoms with Crippen molar-refractivity contribution in [3.05, 3.63) is 95.1 Å². The third-order valence-electron chi connectivity index (χ3n) is 4.48. The van der Waals surface area contributed by atoms with Crippen LogP contribution in [0.4, 0.5) is 0 Å².